The number of amides is 1. The molecule has 4 nitrogen and oxygen atoms in total. The number of carbonyl (C=O) groups is 1. The first-order valence-electron chi connectivity index (χ1n) is 7.08. The summed E-state index contributed by atoms with van der Waals surface area (Å²) in [6.45, 7) is 3.34. The van der Waals surface area contributed by atoms with E-state index in [2.05, 4.69) is 5.32 Å². The van der Waals surface area contributed by atoms with Gasteiger partial charge in [-0.2, -0.15) is 0 Å². The lowest BCUT2D eigenvalue weighted by Gasteiger charge is -2.09. The fourth-order valence-corrected chi connectivity index (χ4v) is 1.98. The van der Waals surface area contributed by atoms with Crippen LogP contribution >= 0.6 is 11.6 Å². The van der Waals surface area contributed by atoms with Gasteiger partial charge in [0.05, 0.1) is 13.2 Å². The van der Waals surface area contributed by atoms with Crippen LogP contribution in [-0.4, -0.2) is 25.7 Å². The highest BCUT2D eigenvalue weighted by molar-refractivity contribution is 6.30. The molecule has 0 saturated carbocycles. The fourth-order valence-electron chi connectivity index (χ4n) is 1.86. The molecule has 0 atom stereocenters. The predicted octanol–water partition coefficient (Wildman–Crippen LogP) is 3.55. The van der Waals surface area contributed by atoms with Gasteiger partial charge in [0.2, 0.25) is 0 Å². The molecule has 0 spiro atoms. The molecular weight excluding hydrogens is 302 g/mol. The van der Waals surface area contributed by atoms with Crippen LogP contribution < -0.4 is 14.8 Å². The topological polar surface area (TPSA) is 47.6 Å². The SMILES string of the molecule is CCOc1cccc(OCCNC(=O)c2ccc(Cl)cc2)c1. The summed E-state index contributed by atoms with van der Waals surface area (Å²) in [6.07, 6.45) is 0. The van der Waals surface area contributed by atoms with Gasteiger partial charge in [-0.25, -0.2) is 0 Å². The lowest BCUT2D eigenvalue weighted by molar-refractivity contribution is 0.0947. The summed E-state index contributed by atoms with van der Waals surface area (Å²) in [5, 5.41) is 3.40. The minimum Gasteiger partial charge on any atom is -0.494 e. The predicted molar refractivity (Wildman–Crippen MR) is 86.9 cm³/mol. The molecule has 2 aromatic carbocycles. The molecule has 0 aliphatic heterocycles. The van der Waals surface area contributed by atoms with Crippen molar-refractivity contribution in [2.45, 2.75) is 6.92 Å². The van der Waals surface area contributed by atoms with E-state index >= 15 is 0 Å². The van der Waals surface area contributed by atoms with Crippen molar-refractivity contribution in [1.29, 1.82) is 0 Å². The maximum Gasteiger partial charge on any atom is 0.251 e. The molecule has 0 aliphatic carbocycles. The molecule has 2 rings (SSSR count). The van der Waals surface area contributed by atoms with E-state index in [0.29, 0.717) is 36.1 Å². The molecule has 0 aliphatic rings. The van der Waals surface area contributed by atoms with E-state index in [4.69, 9.17) is 21.1 Å². The van der Waals surface area contributed by atoms with Gasteiger partial charge in [-0.05, 0) is 43.3 Å². The van der Waals surface area contributed by atoms with Gasteiger partial charge in [-0.3, -0.25) is 4.79 Å². The Morgan fingerprint density at radius 3 is 2.45 bits per heavy atom. The molecular formula is C17H18ClNO3. The Labute approximate surface area is 135 Å². The van der Waals surface area contributed by atoms with Crippen LogP contribution in [0.25, 0.3) is 0 Å². The monoisotopic (exact) mass is 319 g/mol. The van der Waals surface area contributed by atoms with Crippen molar-refractivity contribution in [3.8, 4) is 11.5 Å². The number of nitrogens with one attached hydrogen (secondary N) is 1. The second-order valence-electron chi connectivity index (χ2n) is 4.52. The third-order valence-electron chi connectivity index (χ3n) is 2.88. The highest BCUT2D eigenvalue weighted by Crippen LogP contribution is 2.19. The molecule has 22 heavy (non-hydrogen) atoms. The van der Waals surface area contributed by atoms with Crippen molar-refractivity contribution in [2.24, 2.45) is 0 Å². The number of halogens is 1. The van der Waals surface area contributed by atoms with Crippen LogP contribution in [0.15, 0.2) is 48.5 Å². The molecule has 0 bridgehead atoms. The second-order valence-corrected chi connectivity index (χ2v) is 4.96. The standard InChI is InChI=1S/C17H18ClNO3/c1-2-21-15-4-3-5-16(12-15)22-11-10-19-17(20)13-6-8-14(18)9-7-13/h3-9,12H,2,10-11H2,1H3,(H,19,20). The minimum atomic E-state index is -0.150. The van der Waals surface area contributed by atoms with Crippen LogP contribution in [-0.2, 0) is 0 Å². The van der Waals surface area contributed by atoms with Crippen molar-refractivity contribution in [3.05, 3.63) is 59.1 Å². The minimum absolute atomic E-state index is 0.150. The summed E-state index contributed by atoms with van der Waals surface area (Å²) in [6, 6.07) is 14.2. The Bertz CT molecular complexity index is 614. The van der Waals surface area contributed by atoms with Crippen molar-refractivity contribution in [1.82, 2.24) is 5.32 Å². The third-order valence-corrected chi connectivity index (χ3v) is 3.13. The molecule has 5 heteroatoms. The van der Waals surface area contributed by atoms with E-state index in [1.54, 1.807) is 24.3 Å². The normalized spacial score (nSPS) is 10.1. The largest absolute Gasteiger partial charge is 0.494 e. The quantitative estimate of drug-likeness (QED) is 0.794. The molecule has 116 valence electrons. The summed E-state index contributed by atoms with van der Waals surface area (Å²) in [5.74, 6) is 1.33. The average Bonchev–Trinajstić information content (AvgIpc) is 2.53. The first-order valence-corrected chi connectivity index (χ1v) is 7.46. The zero-order valence-electron chi connectivity index (χ0n) is 12.3. The zero-order valence-corrected chi connectivity index (χ0v) is 13.1. The summed E-state index contributed by atoms with van der Waals surface area (Å²) in [5.41, 5.74) is 0.572. The molecule has 0 unspecified atom stereocenters. The van der Waals surface area contributed by atoms with E-state index in [1.807, 2.05) is 31.2 Å². The van der Waals surface area contributed by atoms with Crippen molar-refractivity contribution in [3.63, 3.8) is 0 Å². The van der Waals surface area contributed by atoms with E-state index in [-0.39, 0.29) is 5.91 Å². The van der Waals surface area contributed by atoms with E-state index in [9.17, 15) is 4.79 Å². The Hall–Kier alpha value is -2.20. The fraction of sp³-hybridized carbons (Fsp3) is 0.235. The summed E-state index contributed by atoms with van der Waals surface area (Å²) < 4.78 is 11.0. The second kappa shape index (κ2) is 8.29. The first kappa shape index (κ1) is 16.2. The maximum atomic E-state index is 11.9. The van der Waals surface area contributed by atoms with Crippen molar-refractivity contribution >= 4 is 17.5 Å². The van der Waals surface area contributed by atoms with Crippen molar-refractivity contribution < 1.29 is 14.3 Å². The Morgan fingerprint density at radius 1 is 1.09 bits per heavy atom. The molecule has 0 fully saturated rings. The summed E-state index contributed by atoms with van der Waals surface area (Å²) in [4.78, 5) is 11.9. The molecule has 0 heterocycles. The van der Waals surface area contributed by atoms with Gasteiger partial charge in [0.25, 0.3) is 5.91 Å². The first-order chi connectivity index (χ1) is 10.7. The van der Waals surface area contributed by atoms with Gasteiger partial charge in [0.1, 0.15) is 18.1 Å². The van der Waals surface area contributed by atoms with Gasteiger partial charge in [0.15, 0.2) is 0 Å². The smallest absolute Gasteiger partial charge is 0.251 e. The number of benzene rings is 2. The van der Waals surface area contributed by atoms with E-state index in [1.165, 1.54) is 0 Å². The maximum absolute atomic E-state index is 11.9. The van der Waals surface area contributed by atoms with Crippen LogP contribution in [0.5, 0.6) is 11.5 Å². The Morgan fingerprint density at radius 2 is 1.77 bits per heavy atom. The highest BCUT2D eigenvalue weighted by atomic mass is 35.5. The molecule has 1 amide bonds. The van der Waals surface area contributed by atoms with Gasteiger partial charge in [-0.1, -0.05) is 17.7 Å². The van der Waals surface area contributed by atoms with E-state index in [0.717, 1.165) is 5.75 Å². The molecule has 0 saturated heterocycles. The van der Waals surface area contributed by atoms with Crippen LogP contribution in [0.2, 0.25) is 5.02 Å². The number of carbonyl (C=O) groups excluding carboxylic acids is 1. The van der Waals surface area contributed by atoms with Crippen LogP contribution in [0.1, 0.15) is 17.3 Å². The van der Waals surface area contributed by atoms with Gasteiger partial charge in [-0.15, -0.1) is 0 Å². The molecule has 1 N–H and O–H groups in total. The van der Waals surface area contributed by atoms with Crippen LogP contribution in [0.3, 0.4) is 0 Å². The highest BCUT2D eigenvalue weighted by Gasteiger charge is 2.04. The lowest BCUT2D eigenvalue weighted by atomic mass is 10.2. The van der Waals surface area contributed by atoms with Gasteiger partial charge in [0, 0.05) is 16.7 Å². The number of hydrogen-bond donors (Lipinski definition) is 1. The molecule has 0 aromatic heterocycles. The summed E-state index contributed by atoms with van der Waals surface area (Å²) >= 11 is 5.78. The van der Waals surface area contributed by atoms with Crippen LogP contribution in [0.4, 0.5) is 0 Å². The number of hydrogen-bond acceptors (Lipinski definition) is 3. The number of rotatable bonds is 7. The Balaban J connectivity index is 1.76. The molecule has 2 aromatic rings. The number of ether oxygens (including phenoxy) is 2. The lowest BCUT2D eigenvalue weighted by Crippen LogP contribution is -2.28. The molecule has 0 radical (unpaired) electrons. The summed E-state index contributed by atoms with van der Waals surface area (Å²) in [7, 11) is 0. The Kier molecular flexibility index (Phi) is 6.10. The van der Waals surface area contributed by atoms with Gasteiger partial charge >= 0.3 is 0 Å². The van der Waals surface area contributed by atoms with E-state index < -0.39 is 0 Å². The van der Waals surface area contributed by atoms with Gasteiger partial charge < -0.3 is 14.8 Å². The average molecular weight is 320 g/mol. The zero-order chi connectivity index (χ0) is 15.8. The van der Waals surface area contributed by atoms with Crippen molar-refractivity contribution in [2.75, 3.05) is 19.8 Å². The van der Waals surface area contributed by atoms with Crippen LogP contribution in [0, 0.1) is 0 Å². The third kappa shape index (κ3) is 4.97.